The zero-order valence-corrected chi connectivity index (χ0v) is 11.6. The Bertz CT molecular complexity index is 532. The molecule has 2 nitrogen and oxygen atoms in total. The number of nitrogens with one attached hydrogen (secondary N) is 1. The molecule has 0 aliphatic carbocycles. The van der Waals surface area contributed by atoms with Gasteiger partial charge in [0.15, 0.2) is 0 Å². The minimum atomic E-state index is 0.199. The Labute approximate surface area is 113 Å². The zero-order chi connectivity index (χ0) is 13.1. The lowest BCUT2D eigenvalue weighted by Gasteiger charge is -2.19. The van der Waals surface area contributed by atoms with E-state index >= 15 is 0 Å². The van der Waals surface area contributed by atoms with Gasteiger partial charge in [-0.05, 0) is 50.1 Å². The Hall–Kier alpha value is -1.54. The summed E-state index contributed by atoms with van der Waals surface area (Å²) in [5, 5.41) is 4.27. The average molecular weight is 261 g/mol. The third kappa shape index (κ3) is 2.82. The number of nitrogens with zero attached hydrogens (tertiary/aromatic N) is 1. The van der Waals surface area contributed by atoms with Crippen LogP contribution in [0.5, 0.6) is 0 Å². The van der Waals surface area contributed by atoms with E-state index in [1.54, 1.807) is 0 Å². The van der Waals surface area contributed by atoms with Crippen molar-refractivity contribution in [2.24, 2.45) is 0 Å². The van der Waals surface area contributed by atoms with Crippen molar-refractivity contribution in [1.82, 2.24) is 4.98 Å². The molecular formula is C15H17ClN2. The lowest BCUT2D eigenvalue weighted by molar-refractivity contribution is 0.876. The maximum atomic E-state index is 6.01. The first-order chi connectivity index (χ1) is 8.58. The molecule has 0 amide bonds. The Kier molecular flexibility index (Phi) is 3.87. The highest BCUT2D eigenvalue weighted by molar-refractivity contribution is 6.30. The van der Waals surface area contributed by atoms with Crippen molar-refractivity contribution in [3.05, 3.63) is 58.4 Å². The van der Waals surface area contributed by atoms with Crippen molar-refractivity contribution in [2.75, 3.05) is 5.32 Å². The highest BCUT2D eigenvalue weighted by Crippen LogP contribution is 2.25. The molecule has 1 atom stereocenters. The second-order valence-electron chi connectivity index (χ2n) is 4.51. The number of rotatable bonds is 3. The predicted molar refractivity (Wildman–Crippen MR) is 77.2 cm³/mol. The molecule has 0 saturated heterocycles. The Balaban J connectivity index is 2.24. The second kappa shape index (κ2) is 5.40. The Morgan fingerprint density at radius 3 is 2.67 bits per heavy atom. The van der Waals surface area contributed by atoms with E-state index in [-0.39, 0.29) is 6.04 Å². The first-order valence-corrected chi connectivity index (χ1v) is 6.40. The summed E-state index contributed by atoms with van der Waals surface area (Å²) in [6.07, 6.45) is 1.83. The molecular weight excluding hydrogens is 244 g/mol. The van der Waals surface area contributed by atoms with Crippen molar-refractivity contribution in [1.29, 1.82) is 0 Å². The van der Waals surface area contributed by atoms with Gasteiger partial charge in [-0.3, -0.25) is 4.98 Å². The summed E-state index contributed by atoms with van der Waals surface area (Å²) in [6, 6.07) is 10.1. The summed E-state index contributed by atoms with van der Waals surface area (Å²) in [5.41, 5.74) is 4.50. The predicted octanol–water partition coefficient (Wildman–Crippen LogP) is 4.52. The van der Waals surface area contributed by atoms with Crippen LogP contribution in [0.1, 0.15) is 29.8 Å². The van der Waals surface area contributed by atoms with Crippen molar-refractivity contribution in [3.8, 4) is 0 Å². The molecule has 1 aromatic carbocycles. The molecule has 1 N–H and O–H groups in total. The van der Waals surface area contributed by atoms with E-state index < -0.39 is 0 Å². The molecule has 1 unspecified atom stereocenters. The Morgan fingerprint density at radius 2 is 2.00 bits per heavy atom. The fraction of sp³-hybridized carbons (Fsp3) is 0.267. The van der Waals surface area contributed by atoms with Crippen molar-refractivity contribution >= 4 is 17.3 Å². The summed E-state index contributed by atoms with van der Waals surface area (Å²) in [4.78, 5) is 4.32. The highest BCUT2D eigenvalue weighted by atomic mass is 35.5. The number of benzene rings is 1. The van der Waals surface area contributed by atoms with Crippen LogP contribution in [-0.2, 0) is 0 Å². The van der Waals surface area contributed by atoms with Gasteiger partial charge >= 0.3 is 0 Å². The lowest BCUT2D eigenvalue weighted by atomic mass is 10.1. The first-order valence-electron chi connectivity index (χ1n) is 6.02. The van der Waals surface area contributed by atoms with Gasteiger partial charge in [-0.15, -0.1) is 0 Å². The van der Waals surface area contributed by atoms with Crippen LogP contribution >= 0.6 is 11.6 Å². The van der Waals surface area contributed by atoms with Crippen LogP contribution in [0.2, 0.25) is 5.02 Å². The van der Waals surface area contributed by atoms with Crippen LogP contribution in [0, 0.1) is 13.8 Å². The smallest absolute Gasteiger partial charge is 0.0606 e. The first kappa shape index (κ1) is 12.9. The van der Waals surface area contributed by atoms with Gasteiger partial charge in [0.1, 0.15) is 0 Å². The molecule has 0 fully saturated rings. The average Bonchev–Trinajstić information content (AvgIpc) is 2.34. The largest absolute Gasteiger partial charge is 0.377 e. The van der Waals surface area contributed by atoms with Crippen LogP contribution in [0.4, 0.5) is 5.69 Å². The maximum absolute atomic E-state index is 6.01. The summed E-state index contributed by atoms with van der Waals surface area (Å²) in [6.45, 7) is 6.22. The van der Waals surface area contributed by atoms with Gasteiger partial charge < -0.3 is 5.32 Å². The number of hydrogen-bond donors (Lipinski definition) is 1. The van der Waals surface area contributed by atoms with Crippen molar-refractivity contribution in [3.63, 3.8) is 0 Å². The van der Waals surface area contributed by atoms with Gasteiger partial charge in [0.25, 0.3) is 0 Å². The topological polar surface area (TPSA) is 24.9 Å². The minimum absolute atomic E-state index is 0.199. The number of pyridine rings is 1. The molecule has 0 radical (unpaired) electrons. The van der Waals surface area contributed by atoms with E-state index in [1.165, 1.54) is 11.1 Å². The van der Waals surface area contributed by atoms with E-state index in [4.69, 9.17) is 11.6 Å². The van der Waals surface area contributed by atoms with E-state index in [2.05, 4.69) is 30.2 Å². The van der Waals surface area contributed by atoms with E-state index in [1.807, 2.05) is 37.4 Å². The third-order valence-corrected chi connectivity index (χ3v) is 3.29. The van der Waals surface area contributed by atoms with Crippen LogP contribution in [0.3, 0.4) is 0 Å². The summed E-state index contributed by atoms with van der Waals surface area (Å²) in [7, 11) is 0. The van der Waals surface area contributed by atoms with Crippen LogP contribution < -0.4 is 5.32 Å². The number of anilines is 1. The maximum Gasteiger partial charge on any atom is 0.0606 e. The summed E-state index contributed by atoms with van der Waals surface area (Å²) >= 11 is 6.01. The number of halogens is 1. The molecule has 0 aliphatic heterocycles. The SMILES string of the molecule is Cc1ccnc(C)c1NC(C)c1cccc(Cl)c1. The molecule has 18 heavy (non-hydrogen) atoms. The second-order valence-corrected chi connectivity index (χ2v) is 4.95. The molecule has 1 aromatic heterocycles. The number of aromatic nitrogens is 1. The molecule has 94 valence electrons. The van der Waals surface area contributed by atoms with Crippen molar-refractivity contribution < 1.29 is 0 Å². The molecule has 0 bridgehead atoms. The van der Waals surface area contributed by atoms with Gasteiger partial charge in [0.2, 0.25) is 0 Å². The van der Waals surface area contributed by atoms with Crippen LogP contribution in [0.25, 0.3) is 0 Å². The molecule has 2 rings (SSSR count). The molecule has 3 heteroatoms. The third-order valence-electron chi connectivity index (χ3n) is 3.06. The zero-order valence-electron chi connectivity index (χ0n) is 10.9. The fourth-order valence-corrected chi connectivity index (χ4v) is 2.19. The van der Waals surface area contributed by atoms with Crippen LogP contribution in [0.15, 0.2) is 36.5 Å². The monoisotopic (exact) mass is 260 g/mol. The number of aryl methyl sites for hydroxylation is 2. The van der Waals surface area contributed by atoms with Gasteiger partial charge in [0.05, 0.1) is 11.4 Å². The minimum Gasteiger partial charge on any atom is -0.377 e. The molecule has 0 aliphatic rings. The molecule has 0 spiro atoms. The van der Waals surface area contributed by atoms with Gasteiger partial charge in [0, 0.05) is 17.3 Å². The number of hydrogen-bond acceptors (Lipinski definition) is 2. The van der Waals surface area contributed by atoms with Gasteiger partial charge in [-0.25, -0.2) is 0 Å². The summed E-state index contributed by atoms with van der Waals surface area (Å²) < 4.78 is 0. The molecule has 2 aromatic rings. The quantitative estimate of drug-likeness (QED) is 0.877. The lowest BCUT2D eigenvalue weighted by Crippen LogP contribution is -2.09. The van der Waals surface area contributed by atoms with Gasteiger partial charge in [-0.2, -0.15) is 0 Å². The van der Waals surface area contributed by atoms with Gasteiger partial charge in [-0.1, -0.05) is 23.7 Å². The van der Waals surface area contributed by atoms with E-state index in [0.717, 1.165) is 16.4 Å². The van der Waals surface area contributed by atoms with E-state index in [9.17, 15) is 0 Å². The van der Waals surface area contributed by atoms with E-state index in [0.29, 0.717) is 0 Å². The molecule has 0 saturated carbocycles. The summed E-state index contributed by atoms with van der Waals surface area (Å²) in [5.74, 6) is 0. The molecule has 1 heterocycles. The Morgan fingerprint density at radius 1 is 1.22 bits per heavy atom. The van der Waals surface area contributed by atoms with Crippen molar-refractivity contribution in [2.45, 2.75) is 26.8 Å². The normalized spacial score (nSPS) is 12.2. The fourth-order valence-electron chi connectivity index (χ4n) is 1.99. The standard InChI is InChI=1S/C15H17ClN2/c1-10-7-8-17-12(3)15(10)18-11(2)13-5-4-6-14(16)9-13/h4-9,11,18H,1-3H3. The van der Waals surface area contributed by atoms with Crippen LogP contribution in [-0.4, -0.2) is 4.98 Å². The highest BCUT2D eigenvalue weighted by Gasteiger charge is 2.09.